The van der Waals surface area contributed by atoms with Crippen LogP contribution in [0.4, 0.5) is 24.8 Å². The van der Waals surface area contributed by atoms with E-state index >= 15 is 0 Å². The Morgan fingerprint density at radius 2 is 1.94 bits per heavy atom. The van der Waals surface area contributed by atoms with Crippen molar-refractivity contribution >= 4 is 29.3 Å². The van der Waals surface area contributed by atoms with E-state index in [1.807, 2.05) is 38.3 Å². The molecule has 3 N–H and O–H groups in total. The Morgan fingerprint density at radius 3 is 2.52 bits per heavy atom. The number of nitriles is 1. The number of nitrogen functional groups attached to an aromatic ring is 1. The number of nitrogens with one attached hydrogen (secondary N) is 1. The molecule has 1 amide bonds. The van der Waals surface area contributed by atoms with Crippen molar-refractivity contribution in [1.82, 2.24) is 24.3 Å². The Bertz CT molecular complexity index is 1920. The lowest BCUT2D eigenvalue weighted by molar-refractivity contribution is -0.137. The molecule has 2 aliphatic rings. The van der Waals surface area contributed by atoms with E-state index in [0.29, 0.717) is 41.5 Å². The second-order valence-corrected chi connectivity index (χ2v) is 12.4. The standard InChI is InChI=1S/C30H34F3N7O3.C5H5NO.C2H6/c1-5-7-20-14-36-27(34)26-25(38-28(40(20)26)23-15-39(4)17(3)16-43-23)21-9-8-18(12-22(21)42-6-2)29(41)37-24-13-19(10-11-35-24)30(31,32)33;6-3-5(4-7)1-2-5;1-2/h8-14,17,23H,5-7,15-16H2,1-4H3,(H2,34,36)(H,35,37,41);4H,1-2H2;1-2H3. The van der Waals surface area contributed by atoms with E-state index in [4.69, 9.17) is 25.5 Å². The number of likely N-dealkylation sites (N-methyl/N-ethyl adjacent to an activating group) is 1. The summed E-state index contributed by atoms with van der Waals surface area (Å²) in [6.07, 6.45) is 1.77. The third kappa shape index (κ3) is 8.86. The number of morpholine rings is 1. The normalized spacial score (nSPS) is 17.8. The average Bonchev–Trinajstić information content (AvgIpc) is 3.83. The van der Waals surface area contributed by atoms with Crippen LogP contribution in [0.5, 0.6) is 5.75 Å². The number of ether oxygens (including phenoxy) is 2. The summed E-state index contributed by atoms with van der Waals surface area (Å²) >= 11 is 0. The molecule has 12 nitrogen and oxygen atoms in total. The SMILES string of the molecule is CC.CCCc1cnc(N)c2c(-c3ccc(C(=O)Nc4cc(C(F)(F)F)ccn4)cc3OCC)nc(C3CN(C)C(C)CO3)n12.N#CC1(C=O)CC1. The predicted octanol–water partition coefficient (Wildman–Crippen LogP) is 6.90. The Labute approximate surface area is 301 Å². The van der Waals surface area contributed by atoms with E-state index < -0.39 is 23.1 Å². The number of fused-ring (bicyclic) bond motifs is 1. The average molecular weight is 723 g/mol. The second-order valence-electron chi connectivity index (χ2n) is 12.4. The summed E-state index contributed by atoms with van der Waals surface area (Å²) in [5.74, 6) is 0.469. The number of imidazole rings is 1. The molecule has 4 aromatic rings. The van der Waals surface area contributed by atoms with Gasteiger partial charge in [-0.15, -0.1) is 0 Å². The number of aryl methyl sites for hydroxylation is 1. The van der Waals surface area contributed by atoms with Crippen molar-refractivity contribution in [1.29, 1.82) is 5.26 Å². The maximum absolute atomic E-state index is 13.1. The van der Waals surface area contributed by atoms with Gasteiger partial charge in [-0.1, -0.05) is 27.2 Å². The maximum atomic E-state index is 13.1. The van der Waals surface area contributed by atoms with Gasteiger partial charge in [-0.05, 0) is 70.5 Å². The molecule has 3 aromatic heterocycles. The summed E-state index contributed by atoms with van der Waals surface area (Å²) in [4.78, 5) is 38.6. The molecule has 1 saturated carbocycles. The Kier molecular flexibility index (Phi) is 13.0. The minimum absolute atomic E-state index is 0.166. The first-order valence-electron chi connectivity index (χ1n) is 17.3. The molecule has 6 rings (SSSR count). The highest BCUT2D eigenvalue weighted by Gasteiger charge is 2.43. The van der Waals surface area contributed by atoms with Gasteiger partial charge in [-0.2, -0.15) is 18.4 Å². The van der Waals surface area contributed by atoms with Crippen LogP contribution in [0.3, 0.4) is 0 Å². The third-order valence-electron chi connectivity index (χ3n) is 8.69. The van der Waals surface area contributed by atoms with Crippen LogP contribution in [-0.4, -0.2) is 69.3 Å². The maximum Gasteiger partial charge on any atom is 0.416 e. The molecule has 1 aromatic carbocycles. The fraction of sp³-hybridized carbons (Fsp3) is 0.459. The molecule has 52 heavy (non-hydrogen) atoms. The molecule has 2 fully saturated rings. The molecule has 0 radical (unpaired) electrons. The highest BCUT2D eigenvalue weighted by Crippen LogP contribution is 2.42. The van der Waals surface area contributed by atoms with Crippen LogP contribution in [0, 0.1) is 16.7 Å². The molecular weight excluding hydrogens is 677 g/mol. The van der Waals surface area contributed by atoms with Crippen molar-refractivity contribution in [2.75, 3.05) is 37.9 Å². The van der Waals surface area contributed by atoms with Crippen molar-refractivity contribution in [3.8, 4) is 23.1 Å². The number of carbonyl (C=O) groups is 2. The minimum atomic E-state index is -4.57. The number of benzene rings is 1. The van der Waals surface area contributed by atoms with Gasteiger partial charge in [-0.3, -0.25) is 14.1 Å². The van der Waals surface area contributed by atoms with Gasteiger partial charge in [0, 0.05) is 41.8 Å². The fourth-order valence-electron chi connectivity index (χ4n) is 5.49. The van der Waals surface area contributed by atoms with E-state index in [2.05, 4.69) is 34.0 Å². The quantitative estimate of drug-likeness (QED) is 0.174. The number of anilines is 2. The monoisotopic (exact) mass is 722 g/mol. The van der Waals surface area contributed by atoms with Gasteiger partial charge < -0.3 is 25.3 Å². The molecule has 2 atom stereocenters. The summed E-state index contributed by atoms with van der Waals surface area (Å²) in [7, 11) is 2.05. The summed E-state index contributed by atoms with van der Waals surface area (Å²) in [5.41, 5.74) is 7.83. The van der Waals surface area contributed by atoms with E-state index in [-0.39, 0.29) is 36.0 Å². The highest BCUT2D eigenvalue weighted by molar-refractivity contribution is 6.04. The summed E-state index contributed by atoms with van der Waals surface area (Å²) < 4.78 is 53.7. The molecular formula is C37H45F3N8O4. The topological polar surface area (TPSA) is 161 Å². The molecule has 1 saturated heterocycles. The minimum Gasteiger partial charge on any atom is -0.493 e. The van der Waals surface area contributed by atoms with Crippen LogP contribution >= 0.6 is 0 Å². The van der Waals surface area contributed by atoms with Crippen molar-refractivity contribution in [2.45, 2.75) is 78.6 Å². The van der Waals surface area contributed by atoms with Gasteiger partial charge in [0.1, 0.15) is 52.2 Å². The molecule has 0 bridgehead atoms. The van der Waals surface area contributed by atoms with Crippen LogP contribution in [0.25, 0.3) is 16.8 Å². The molecule has 1 aliphatic carbocycles. The largest absolute Gasteiger partial charge is 0.493 e. The Hall–Kier alpha value is -5.07. The van der Waals surface area contributed by atoms with Crippen molar-refractivity contribution in [3.63, 3.8) is 0 Å². The first-order valence-corrected chi connectivity index (χ1v) is 17.3. The lowest BCUT2D eigenvalue weighted by Crippen LogP contribution is -2.42. The molecule has 0 spiro atoms. The lowest BCUT2D eigenvalue weighted by Gasteiger charge is -2.34. The first kappa shape index (κ1) is 39.7. The highest BCUT2D eigenvalue weighted by atomic mass is 19.4. The molecule has 15 heteroatoms. The third-order valence-corrected chi connectivity index (χ3v) is 8.69. The number of alkyl halides is 3. The number of aromatic nitrogens is 4. The fourth-order valence-corrected chi connectivity index (χ4v) is 5.49. The van der Waals surface area contributed by atoms with Crippen LogP contribution < -0.4 is 15.8 Å². The van der Waals surface area contributed by atoms with Gasteiger partial charge in [-0.25, -0.2) is 15.0 Å². The van der Waals surface area contributed by atoms with Gasteiger partial charge >= 0.3 is 6.18 Å². The summed E-state index contributed by atoms with van der Waals surface area (Å²) in [6, 6.07) is 8.58. The lowest BCUT2D eigenvalue weighted by atomic mass is 10.1. The first-order chi connectivity index (χ1) is 24.8. The summed E-state index contributed by atoms with van der Waals surface area (Å²) in [5, 5.41) is 10.6. The van der Waals surface area contributed by atoms with E-state index in [1.165, 1.54) is 6.07 Å². The number of halogens is 3. The summed E-state index contributed by atoms with van der Waals surface area (Å²) in [6.45, 7) is 11.5. The van der Waals surface area contributed by atoms with Gasteiger partial charge in [0.25, 0.3) is 5.91 Å². The van der Waals surface area contributed by atoms with Crippen LogP contribution in [0.2, 0.25) is 0 Å². The molecule has 278 valence electrons. The van der Waals surface area contributed by atoms with Gasteiger partial charge in [0.15, 0.2) is 0 Å². The van der Waals surface area contributed by atoms with Crippen LogP contribution in [0.15, 0.2) is 42.7 Å². The Balaban J connectivity index is 0.000000594. The zero-order valence-electron chi connectivity index (χ0n) is 30.3. The van der Waals surface area contributed by atoms with Gasteiger partial charge in [0.2, 0.25) is 0 Å². The number of hydrogen-bond donors (Lipinski definition) is 2. The van der Waals surface area contributed by atoms with Crippen LogP contribution in [0.1, 0.15) is 87.4 Å². The zero-order valence-corrected chi connectivity index (χ0v) is 30.3. The molecule has 2 unspecified atom stereocenters. The number of amides is 1. The number of pyridine rings is 1. The second kappa shape index (κ2) is 17.0. The molecule has 4 heterocycles. The van der Waals surface area contributed by atoms with Crippen molar-refractivity contribution in [2.24, 2.45) is 5.41 Å². The number of nitrogens with zero attached hydrogens (tertiary/aromatic N) is 6. The number of nitrogens with two attached hydrogens (primary N) is 1. The smallest absolute Gasteiger partial charge is 0.416 e. The van der Waals surface area contributed by atoms with E-state index in [1.54, 1.807) is 18.3 Å². The number of hydrogen-bond acceptors (Lipinski definition) is 10. The van der Waals surface area contributed by atoms with E-state index in [0.717, 1.165) is 56.0 Å². The van der Waals surface area contributed by atoms with Crippen molar-refractivity contribution in [3.05, 3.63) is 65.4 Å². The number of aldehydes is 1. The Morgan fingerprint density at radius 1 is 1.21 bits per heavy atom. The van der Waals surface area contributed by atoms with Gasteiger partial charge in [0.05, 0.1) is 24.8 Å². The number of carbonyl (C=O) groups excluding carboxylic acids is 2. The number of rotatable bonds is 9. The van der Waals surface area contributed by atoms with E-state index in [9.17, 15) is 22.8 Å². The van der Waals surface area contributed by atoms with Crippen LogP contribution in [-0.2, 0) is 22.1 Å². The van der Waals surface area contributed by atoms with Crippen molar-refractivity contribution < 1.29 is 32.2 Å². The predicted molar refractivity (Wildman–Crippen MR) is 191 cm³/mol. The molecule has 1 aliphatic heterocycles. The zero-order chi connectivity index (χ0) is 38.2.